The Bertz CT molecular complexity index is 953. The molecule has 0 saturated carbocycles. The summed E-state index contributed by atoms with van der Waals surface area (Å²) in [7, 11) is -3.48. The van der Waals surface area contributed by atoms with E-state index in [9.17, 15) is 8.42 Å². The van der Waals surface area contributed by atoms with Crippen LogP contribution in [0.5, 0.6) is 0 Å². The molecule has 0 bridgehead atoms. The number of rotatable bonds is 2. The molecule has 108 valence electrons. The van der Waals surface area contributed by atoms with E-state index in [1.54, 1.807) is 24.4 Å². The summed E-state index contributed by atoms with van der Waals surface area (Å²) in [5.41, 5.74) is 0.838. The molecule has 0 saturated heterocycles. The SMILES string of the molecule is CS(=O)(=O)c1ncc2cn(-c3cccc(Cl)c3Cl)nc2n1. The number of hydrogen-bond acceptors (Lipinski definition) is 5. The Morgan fingerprint density at radius 2 is 2.00 bits per heavy atom. The van der Waals surface area contributed by atoms with E-state index in [4.69, 9.17) is 23.2 Å². The van der Waals surface area contributed by atoms with Crippen molar-refractivity contribution in [3.63, 3.8) is 0 Å². The molecule has 0 atom stereocenters. The van der Waals surface area contributed by atoms with Gasteiger partial charge in [0.1, 0.15) is 0 Å². The number of nitrogens with zero attached hydrogens (tertiary/aromatic N) is 4. The molecule has 0 radical (unpaired) electrons. The molecule has 0 aliphatic carbocycles. The van der Waals surface area contributed by atoms with E-state index < -0.39 is 9.84 Å². The highest BCUT2D eigenvalue weighted by Gasteiger charge is 2.14. The second-order valence-corrected chi connectivity index (χ2v) is 7.04. The van der Waals surface area contributed by atoms with Gasteiger partial charge in [0.25, 0.3) is 0 Å². The number of benzene rings is 1. The van der Waals surface area contributed by atoms with Crippen LogP contribution in [0.4, 0.5) is 0 Å². The molecule has 0 fully saturated rings. The fourth-order valence-corrected chi connectivity index (χ4v) is 2.65. The highest BCUT2D eigenvalue weighted by molar-refractivity contribution is 7.90. The van der Waals surface area contributed by atoms with E-state index in [2.05, 4.69) is 15.1 Å². The first-order valence-electron chi connectivity index (χ1n) is 5.73. The molecule has 1 aromatic carbocycles. The standard InChI is InChI=1S/C12H8Cl2N4O2S/c1-21(19,20)12-15-5-7-6-18(17-11(7)16-12)9-4-2-3-8(13)10(9)14/h2-6H,1H3. The van der Waals surface area contributed by atoms with Crippen molar-refractivity contribution >= 4 is 44.1 Å². The summed E-state index contributed by atoms with van der Waals surface area (Å²) < 4.78 is 24.4. The van der Waals surface area contributed by atoms with Gasteiger partial charge in [0.05, 0.1) is 21.1 Å². The van der Waals surface area contributed by atoms with Gasteiger partial charge in [0.2, 0.25) is 15.0 Å². The van der Waals surface area contributed by atoms with Crippen LogP contribution in [-0.2, 0) is 9.84 Å². The van der Waals surface area contributed by atoms with Crippen LogP contribution in [0.3, 0.4) is 0 Å². The van der Waals surface area contributed by atoms with Crippen LogP contribution in [0, 0.1) is 0 Å². The Morgan fingerprint density at radius 1 is 1.24 bits per heavy atom. The van der Waals surface area contributed by atoms with Gasteiger partial charge in [-0.3, -0.25) is 0 Å². The zero-order valence-electron chi connectivity index (χ0n) is 10.7. The second-order valence-electron chi connectivity index (χ2n) is 4.35. The third kappa shape index (κ3) is 2.59. The van der Waals surface area contributed by atoms with Crippen LogP contribution in [0.1, 0.15) is 0 Å². The first kappa shape index (κ1) is 14.2. The first-order valence-corrected chi connectivity index (χ1v) is 8.38. The van der Waals surface area contributed by atoms with Crippen LogP contribution in [0.15, 0.2) is 35.7 Å². The average Bonchev–Trinajstić information content (AvgIpc) is 2.83. The Hall–Kier alpha value is -1.70. The second kappa shape index (κ2) is 4.94. The maximum Gasteiger partial charge on any atom is 0.248 e. The molecular formula is C12H8Cl2N4O2S. The van der Waals surface area contributed by atoms with Crippen molar-refractivity contribution in [3.8, 4) is 5.69 Å². The molecule has 0 spiro atoms. The summed E-state index contributed by atoms with van der Waals surface area (Å²) >= 11 is 12.1. The van der Waals surface area contributed by atoms with Gasteiger partial charge in [0, 0.05) is 18.6 Å². The van der Waals surface area contributed by atoms with Gasteiger partial charge in [-0.2, -0.15) is 4.98 Å². The zero-order valence-corrected chi connectivity index (χ0v) is 13.0. The topological polar surface area (TPSA) is 77.7 Å². The highest BCUT2D eigenvalue weighted by Crippen LogP contribution is 2.28. The van der Waals surface area contributed by atoms with Crippen molar-refractivity contribution < 1.29 is 8.42 Å². The Balaban J connectivity index is 2.20. The fraction of sp³-hybridized carbons (Fsp3) is 0.0833. The average molecular weight is 343 g/mol. The van der Waals surface area contributed by atoms with Crippen LogP contribution < -0.4 is 0 Å². The summed E-state index contributed by atoms with van der Waals surface area (Å²) in [6.45, 7) is 0. The summed E-state index contributed by atoms with van der Waals surface area (Å²) in [6, 6.07) is 5.15. The number of sulfone groups is 1. The predicted molar refractivity (Wildman–Crippen MR) is 79.8 cm³/mol. The molecule has 21 heavy (non-hydrogen) atoms. The first-order chi connectivity index (χ1) is 9.86. The zero-order chi connectivity index (χ0) is 15.2. The van der Waals surface area contributed by atoms with Gasteiger partial charge in [-0.1, -0.05) is 29.3 Å². The lowest BCUT2D eigenvalue weighted by molar-refractivity contribution is 0.593. The number of fused-ring (bicyclic) bond motifs is 1. The van der Waals surface area contributed by atoms with Gasteiger partial charge in [0.15, 0.2) is 5.65 Å². The predicted octanol–water partition coefficient (Wildman–Crippen LogP) is 2.53. The molecule has 0 N–H and O–H groups in total. The molecule has 0 aliphatic heterocycles. The quantitative estimate of drug-likeness (QED) is 0.668. The highest BCUT2D eigenvalue weighted by atomic mass is 35.5. The van der Waals surface area contributed by atoms with Crippen molar-refractivity contribution in [1.29, 1.82) is 0 Å². The van der Waals surface area contributed by atoms with E-state index in [0.717, 1.165) is 6.26 Å². The van der Waals surface area contributed by atoms with Crippen molar-refractivity contribution in [2.24, 2.45) is 0 Å². The minimum atomic E-state index is -3.48. The molecule has 3 aromatic rings. The number of aromatic nitrogens is 4. The molecule has 0 amide bonds. The third-order valence-electron chi connectivity index (χ3n) is 2.75. The maximum atomic E-state index is 11.5. The van der Waals surface area contributed by atoms with Crippen molar-refractivity contribution in [2.75, 3.05) is 6.26 Å². The molecule has 9 heteroatoms. The molecule has 6 nitrogen and oxygen atoms in total. The lowest BCUT2D eigenvalue weighted by Gasteiger charge is -2.04. The van der Waals surface area contributed by atoms with E-state index in [-0.39, 0.29) is 10.8 Å². The minimum absolute atomic E-state index is 0.265. The Kier molecular flexibility index (Phi) is 3.35. The van der Waals surface area contributed by atoms with E-state index in [0.29, 0.717) is 21.1 Å². The monoisotopic (exact) mass is 342 g/mol. The van der Waals surface area contributed by atoms with Gasteiger partial charge in [-0.25, -0.2) is 18.1 Å². The molecule has 2 aromatic heterocycles. The summed E-state index contributed by atoms with van der Waals surface area (Å²) in [5, 5.41) is 5.30. The van der Waals surface area contributed by atoms with Crippen LogP contribution >= 0.6 is 23.2 Å². The molecule has 3 rings (SSSR count). The van der Waals surface area contributed by atoms with Crippen LogP contribution in [0.25, 0.3) is 16.7 Å². The lowest BCUT2D eigenvalue weighted by Crippen LogP contribution is -2.03. The van der Waals surface area contributed by atoms with Crippen molar-refractivity contribution in [3.05, 3.63) is 40.6 Å². The molecule has 0 aliphatic rings. The van der Waals surface area contributed by atoms with E-state index in [1.165, 1.54) is 10.9 Å². The fourth-order valence-electron chi connectivity index (χ4n) is 1.77. The van der Waals surface area contributed by atoms with E-state index in [1.807, 2.05) is 0 Å². The van der Waals surface area contributed by atoms with Gasteiger partial charge < -0.3 is 0 Å². The number of hydrogen-bond donors (Lipinski definition) is 0. The van der Waals surface area contributed by atoms with Gasteiger partial charge >= 0.3 is 0 Å². The molecule has 2 heterocycles. The molecule has 0 unspecified atom stereocenters. The smallest absolute Gasteiger partial charge is 0.237 e. The summed E-state index contributed by atoms with van der Waals surface area (Å²) in [5.74, 6) is 0. The van der Waals surface area contributed by atoms with E-state index >= 15 is 0 Å². The summed E-state index contributed by atoms with van der Waals surface area (Å²) in [6.07, 6.45) is 4.10. The normalized spacial score (nSPS) is 12.0. The minimum Gasteiger partial charge on any atom is -0.237 e. The summed E-state index contributed by atoms with van der Waals surface area (Å²) in [4.78, 5) is 7.75. The largest absolute Gasteiger partial charge is 0.248 e. The van der Waals surface area contributed by atoms with Crippen LogP contribution in [0.2, 0.25) is 10.0 Å². The lowest BCUT2D eigenvalue weighted by atomic mass is 10.3. The third-order valence-corrected chi connectivity index (χ3v) is 4.42. The van der Waals surface area contributed by atoms with Gasteiger partial charge in [-0.05, 0) is 12.1 Å². The molecular weight excluding hydrogens is 335 g/mol. The Labute approximate surface area is 130 Å². The van der Waals surface area contributed by atoms with Gasteiger partial charge in [-0.15, -0.1) is 5.10 Å². The Morgan fingerprint density at radius 3 is 2.71 bits per heavy atom. The van der Waals surface area contributed by atoms with Crippen molar-refractivity contribution in [1.82, 2.24) is 19.7 Å². The number of halogens is 2. The van der Waals surface area contributed by atoms with Crippen LogP contribution in [-0.4, -0.2) is 34.4 Å². The maximum absolute atomic E-state index is 11.5. The van der Waals surface area contributed by atoms with Crippen molar-refractivity contribution in [2.45, 2.75) is 5.16 Å².